The summed E-state index contributed by atoms with van der Waals surface area (Å²) in [5.74, 6) is 0.337. The second-order valence-electron chi connectivity index (χ2n) is 4.93. The lowest BCUT2D eigenvalue weighted by molar-refractivity contribution is 0.231. The van der Waals surface area contributed by atoms with Gasteiger partial charge in [-0.05, 0) is 39.2 Å². The molecule has 94 valence electrons. The summed E-state index contributed by atoms with van der Waals surface area (Å²) in [6, 6.07) is 0.465. The highest BCUT2D eigenvalue weighted by Gasteiger charge is 2.34. The molecule has 2 saturated heterocycles. The Morgan fingerprint density at radius 3 is 2.69 bits per heavy atom. The summed E-state index contributed by atoms with van der Waals surface area (Å²) in [5, 5.41) is 3.45. The largest absolute Gasteiger partial charge is 0.312 e. The van der Waals surface area contributed by atoms with Crippen LogP contribution in [-0.4, -0.2) is 43.6 Å². The van der Waals surface area contributed by atoms with Gasteiger partial charge in [-0.25, -0.2) is 8.42 Å². The Labute approximate surface area is 98.4 Å². The lowest BCUT2D eigenvalue weighted by Gasteiger charge is -2.38. The number of rotatable bonds is 2. The average Bonchev–Trinajstić information content (AvgIpc) is 2.29. The monoisotopic (exact) mass is 246 g/mol. The standard InChI is InChI=1S/C11H22N2O2S/c1-10(11-6-2-3-7-12-11)13-8-4-5-9-16(13,14)15/h10-12H,2-9H2,1H3. The molecule has 0 spiro atoms. The molecule has 2 aliphatic heterocycles. The van der Waals surface area contributed by atoms with Crippen LogP contribution in [0.1, 0.15) is 39.0 Å². The first-order valence-electron chi connectivity index (χ1n) is 6.34. The smallest absolute Gasteiger partial charge is 0.214 e. The zero-order valence-corrected chi connectivity index (χ0v) is 10.8. The molecule has 0 aromatic heterocycles. The van der Waals surface area contributed by atoms with Crippen molar-refractivity contribution in [1.82, 2.24) is 9.62 Å². The van der Waals surface area contributed by atoms with Gasteiger partial charge in [0, 0.05) is 18.6 Å². The Morgan fingerprint density at radius 2 is 2.06 bits per heavy atom. The molecule has 0 saturated carbocycles. The first kappa shape index (κ1) is 12.3. The summed E-state index contributed by atoms with van der Waals surface area (Å²) >= 11 is 0. The van der Waals surface area contributed by atoms with E-state index in [2.05, 4.69) is 5.32 Å². The lowest BCUT2D eigenvalue weighted by Crippen LogP contribution is -2.54. The van der Waals surface area contributed by atoms with E-state index in [0.29, 0.717) is 18.3 Å². The number of piperidine rings is 1. The van der Waals surface area contributed by atoms with Crippen LogP contribution >= 0.6 is 0 Å². The first-order valence-corrected chi connectivity index (χ1v) is 7.95. The van der Waals surface area contributed by atoms with Crippen LogP contribution in [0.4, 0.5) is 0 Å². The number of hydrogen-bond acceptors (Lipinski definition) is 3. The zero-order valence-electron chi connectivity index (χ0n) is 9.98. The number of hydrogen-bond donors (Lipinski definition) is 1. The molecule has 2 rings (SSSR count). The Hall–Kier alpha value is -0.130. The maximum absolute atomic E-state index is 12.0. The summed E-state index contributed by atoms with van der Waals surface area (Å²) in [4.78, 5) is 0. The van der Waals surface area contributed by atoms with E-state index in [0.717, 1.165) is 25.8 Å². The molecule has 0 bridgehead atoms. The van der Waals surface area contributed by atoms with E-state index in [9.17, 15) is 8.42 Å². The molecule has 2 unspecified atom stereocenters. The molecule has 1 N–H and O–H groups in total. The minimum atomic E-state index is -2.98. The molecule has 2 heterocycles. The molecule has 4 nitrogen and oxygen atoms in total. The maximum Gasteiger partial charge on any atom is 0.214 e. The van der Waals surface area contributed by atoms with Gasteiger partial charge in [-0.15, -0.1) is 0 Å². The lowest BCUT2D eigenvalue weighted by atomic mass is 9.99. The first-order chi connectivity index (χ1) is 7.61. The topological polar surface area (TPSA) is 49.4 Å². The van der Waals surface area contributed by atoms with Crippen LogP contribution in [0, 0.1) is 0 Å². The minimum absolute atomic E-state index is 0.116. The molecule has 0 aromatic rings. The molecule has 0 radical (unpaired) electrons. The van der Waals surface area contributed by atoms with Gasteiger partial charge in [-0.2, -0.15) is 4.31 Å². The molecule has 2 aliphatic rings. The summed E-state index contributed by atoms with van der Waals surface area (Å²) in [6.07, 6.45) is 5.37. The van der Waals surface area contributed by atoms with E-state index in [1.54, 1.807) is 4.31 Å². The molecular formula is C11H22N2O2S. The highest BCUT2D eigenvalue weighted by atomic mass is 32.2. The van der Waals surface area contributed by atoms with Crippen molar-refractivity contribution in [2.24, 2.45) is 0 Å². The maximum atomic E-state index is 12.0. The van der Waals surface area contributed by atoms with Gasteiger partial charge in [-0.1, -0.05) is 6.42 Å². The zero-order chi connectivity index (χ0) is 11.6. The predicted octanol–water partition coefficient (Wildman–Crippen LogP) is 0.943. The summed E-state index contributed by atoms with van der Waals surface area (Å²) in [6.45, 7) is 3.79. The van der Waals surface area contributed by atoms with E-state index in [4.69, 9.17) is 0 Å². The van der Waals surface area contributed by atoms with Gasteiger partial charge in [0.2, 0.25) is 10.0 Å². The number of sulfonamides is 1. The van der Waals surface area contributed by atoms with Crippen LogP contribution in [0.25, 0.3) is 0 Å². The molecule has 5 heteroatoms. The van der Waals surface area contributed by atoms with Gasteiger partial charge >= 0.3 is 0 Å². The van der Waals surface area contributed by atoms with Crippen molar-refractivity contribution in [2.45, 2.75) is 51.1 Å². The van der Waals surface area contributed by atoms with Gasteiger partial charge in [-0.3, -0.25) is 0 Å². The average molecular weight is 246 g/mol. The van der Waals surface area contributed by atoms with Crippen LogP contribution in [0.5, 0.6) is 0 Å². The molecule has 0 aromatic carbocycles. The van der Waals surface area contributed by atoms with Crippen LogP contribution in [-0.2, 0) is 10.0 Å². The fourth-order valence-corrected chi connectivity index (χ4v) is 4.62. The van der Waals surface area contributed by atoms with Gasteiger partial charge in [0.1, 0.15) is 0 Å². The normalized spacial score (nSPS) is 33.4. The Morgan fingerprint density at radius 1 is 1.25 bits per heavy atom. The van der Waals surface area contributed by atoms with Gasteiger partial charge in [0.15, 0.2) is 0 Å². The van der Waals surface area contributed by atoms with Crippen LogP contribution in [0.15, 0.2) is 0 Å². The SMILES string of the molecule is CC(C1CCCCN1)N1CCCCS1(=O)=O. The van der Waals surface area contributed by atoms with Crippen molar-refractivity contribution >= 4 is 10.0 Å². The van der Waals surface area contributed by atoms with E-state index in [1.165, 1.54) is 12.8 Å². The predicted molar refractivity (Wildman–Crippen MR) is 64.8 cm³/mol. The van der Waals surface area contributed by atoms with Crippen LogP contribution < -0.4 is 5.32 Å². The molecule has 2 fully saturated rings. The van der Waals surface area contributed by atoms with E-state index >= 15 is 0 Å². The highest BCUT2D eigenvalue weighted by Crippen LogP contribution is 2.22. The van der Waals surface area contributed by atoms with Crippen LogP contribution in [0.3, 0.4) is 0 Å². The van der Waals surface area contributed by atoms with Crippen molar-refractivity contribution in [3.05, 3.63) is 0 Å². The Kier molecular flexibility index (Phi) is 3.87. The quantitative estimate of drug-likeness (QED) is 0.789. The van der Waals surface area contributed by atoms with Crippen molar-refractivity contribution in [3.63, 3.8) is 0 Å². The number of nitrogens with zero attached hydrogens (tertiary/aromatic N) is 1. The third kappa shape index (κ3) is 2.57. The molecule has 2 atom stereocenters. The van der Waals surface area contributed by atoms with Crippen molar-refractivity contribution < 1.29 is 8.42 Å². The second kappa shape index (κ2) is 5.02. The fraction of sp³-hybridized carbons (Fsp3) is 1.00. The molecular weight excluding hydrogens is 224 g/mol. The van der Waals surface area contributed by atoms with Gasteiger partial charge < -0.3 is 5.32 Å². The van der Waals surface area contributed by atoms with Gasteiger partial charge in [0.05, 0.1) is 5.75 Å². The van der Waals surface area contributed by atoms with E-state index < -0.39 is 10.0 Å². The summed E-state index contributed by atoms with van der Waals surface area (Å²) in [5.41, 5.74) is 0. The second-order valence-corrected chi connectivity index (χ2v) is 6.97. The fourth-order valence-electron chi connectivity index (χ4n) is 2.76. The van der Waals surface area contributed by atoms with Crippen molar-refractivity contribution in [2.75, 3.05) is 18.8 Å². The summed E-state index contributed by atoms with van der Waals surface area (Å²) < 4.78 is 25.6. The highest BCUT2D eigenvalue weighted by molar-refractivity contribution is 7.89. The minimum Gasteiger partial charge on any atom is -0.312 e. The van der Waals surface area contributed by atoms with Gasteiger partial charge in [0.25, 0.3) is 0 Å². The van der Waals surface area contributed by atoms with Crippen LogP contribution in [0.2, 0.25) is 0 Å². The summed E-state index contributed by atoms with van der Waals surface area (Å²) in [7, 11) is -2.98. The Balaban J connectivity index is 2.04. The molecule has 0 aliphatic carbocycles. The van der Waals surface area contributed by atoms with E-state index in [1.807, 2.05) is 6.92 Å². The van der Waals surface area contributed by atoms with Crippen molar-refractivity contribution in [3.8, 4) is 0 Å². The molecule has 0 amide bonds. The third-order valence-corrected chi connectivity index (χ3v) is 5.81. The number of nitrogens with one attached hydrogen (secondary N) is 1. The van der Waals surface area contributed by atoms with E-state index in [-0.39, 0.29) is 6.04 Å². The molecule has 16 heavy (non-hydrogen) atoms. The Bertz CT molecular complexity index is 323. The van der Waals surface area contributed by atoms with Crippen molar-refractivity contribution in [1.29, 1.82) is 0 Å². The third-order valence-electron chi connectivity index (χ3n) is 3.77.